The molecule has 0 unspecified atom stereocenters. The van der Waals surface area contributed by atoms with Crippen LogP contribution in [0.1, 0.15) is 23.9 Å². The molecule has 160 valence electrons. The number of aryl methyl sites for hydroxylation is 2. The van der Waals surface area contributed by atoms with Crippen molar-refractivity contribution in [3.05, 3.63) is 41.3 Å². The number of hydrogen-bond acceptors (Lipinski definition) is 6. The van der Waals surface area contributed by atoms with E-state index in [0.29, 0.717) is 18.7 Å². The highest BCUT2D eigenvalue weighted by Gasteiger charge is 2.20. The molecule has 0 aliphatic carbocycles. The Balaban J connectivity index is 1.70. The van der Waals surface area contributed by atoms with Crippen LogP contribution in [0.15, 0.2) is 24.4 Å². The van der Waals surface area contributed by atoms with Crippen LogP contribution in [-0.2, 0) is 20.6 Å². The van der Waals surface area contributed by atoms with Gasteiger partial charge >= 0.3 is 0 Å². The van der Waals surface area contributed by atoms with Crippen LogP contribution < -0.4 is 4.74 Å². The number of likely N-dealkylation sites (N-methyl/N-ethyl adjacent to an activating group) is 1. The quantitative estimate of drug-likeness (QED) is 0.455. The van der Waals surface area contributed by atoms with E-state index in [0.717, 1.165) is 39.3 Å². The lowest BCUT2D eigenvalue weighted by molar-refractivity contribution is 0.147. The number of fused-ring (bicyclic) bond motifs is 4. The summed E-state index contributed by atoms with van der Waals surface area (Å²) in [5, 5.41) is 27.6. The number of nitrogens with one attached hydrogen (secondary N) is 1. The average molecular weight is 419 g/mol. The number of hydrogen-bond donors (Lipinski definition) is 2. The molecule has 31 heavy (non-hydrogen) atoms. The maximum absolute atomic E-state index is 10.4. The van der Waals surface area contributed by atoms with Gasteiger partial charge in [0.1, 0.15) is 6.10 Å². The SMILES string of the molecule is C[C@H]1CN(C)Cc2c(c(O)nn2C)/C=C/c2n[nH]c3ccc(cc23)-c2cnn(C)c2O1. The summed E-state index contributed by atoms with van der Waals surface area (Å²) in [6.45, 7) is 3.35. The van der Waals surface area contributed by atoms with Gasteiger partial charge in [-0.15, -0.1) is 5.10 Å². The third-order valence-electron chi connectivity index (χ3n) is 5.68. The van der Waals surface area contributed by atoms with E-state index in [4.69, 9.17) is 4.74 Å². The zero-order valence-corrected chi connectivity index (χ0v) is 18.0. The molecule has 0 saturated heterocycles. The highest BCUT2D eigenvalue weighted by atomic mass is 16.5. The molecule has 5 rings (SSSR count). The van der Waals surface area contributed by atoms with Crippen molar-refractivity contribution in [1.29, 1.82) is 0 Å². The second-order valence-corrected chi connectivity index (χ2v) is 8.12. The number of aromatic amines is 1. The first kappa shape index (κ1) is 19.4. The molecule has 0 amide bonds. The van der Waals surface area contributed by atoms with E-state index in [1.807, 2.05) is 58.5 Å². The minimum Gasteiger partial charge on any atom is -0.492 e. The molecule has 0 radical (unpaired) electrons. The minimum atomic E-state index is -0.0710. The summed E-state index contributed by atoms with van der Waals surface area (Å²) >= 11 is 0. The molecule has 1 aliphatic rings. The predicted octanol–water partition coefficient (Wildman–Crippen LogP) is 2.79. The molecule has 2 N–H and O–H groups in total. The number of aromatic hydroxyl groups is 1. The van der Waals surface area contributed by atoms with Crippen LogP contribution >= 0.6 is 0 Å². The number of rotatable bonds is 0. The number of H-pyrrole nitrogens is 1. The molecule has 1 atom stereocenters. The fourth-order valence-electron chi connectivity index (χ4n) is 4.16. The second-order valence-electron chi connectivity index (χ2n) is 8.12. The summed E-state index contributed by atoms with van der Waals surface area (Å²) in [4.78, 5) is 2.15. The molecule has 1 aliphatic heterocycles. The second kappa shape index (κ2) is 7.28. The lowest BCUT2D eigenvalue weighted by Crippen LogP contribution is -2.32. The zero-order valence-electron chi connectivity index (χ0n) is 18.0. The maximum atomic E-state index is 10.4. The Morgan fingerprint density at radius 1 is 1.16 bits per heavy atom. The van der Waals surface area contributed by atoms with Crippen molar-refractivity contribution >= 4 is 23.1 Å². The van der Waals surface area contributed by atoms with Gasteiger partial charge in [0.05, 0.1) is 34.2 Å². The number of nitrogens with zero attached hydrogens (tertiary/aromatic N) is 6. The summed E-state index contributed by atoms with van der Waals surface area (Å²) in [6, 6.07) is 6.13. The van der Waals surface area contributed by atoms with Gasteiger partial charge in [0.15, 0.2) is 0 Å². The van der Waals surface area contributed by atoms with Crippen molar-refractivity contribution in [3.63, 3.8) is 0 Å². The largest absolute Gasteiger partial charge is 0.492 e. The number of ether oxygens (including phenoxy) is 1. The highest BCUT2D eigenvalue weighted by Crippen LogP contribution is 2.33. The summed E-state index contributed by atoms with van der Waals surface area (Å²) in [5.74, 6) is 0.740. The third kappa shape index (κ3) is 3.36. The van der Waals surface area contributed by atoms with Crippen molar-refractivity contribution in [3.8, 4) is 22.9 Å². The molecule has 0 fully saturated rings. The van der Waals surface area contributed by atoms with Gasteiger partial charge < -0.3 is 9.84 Å². The molecule has 4 heterocycles. The Labute approximate surface area is 179 Å². The van der Waals surface area contributed by atoms with E-state index in [-0.39, 0.29) is 12.0 Å². The van der Waals surface area contributed by atoms with Gasteiger partial charge in [-0.2, -0.15) is 10.2 Å². The van der Waals surface area contributed by atoms with Crippen LogP contribution in [0.5, 0.6) is 11.8 Å². The van der Waals surface area contributed by atoms with Crippen LogP contribution in [0.25, 0.3) is 34.2 Å². The summed E-state index contributed by atoms with van der Waals surface area (Å²) in [6.07, 6.45) is 5.55. The van der Waals surface area contributed by atoms with E-state index in [1.165, 1.54) is 0 Å². The lowest BCUT2D eigenvalue weighted by Gasteiger charge is -2.23. The first-order valence-corrected chi connectivity index (χ1v) is 10.2. The minimum absolute atomic E-state index is 0.00905. The molecular formula is C22H25N7O2. The molecule has 2 bridgehead atoms. The maximum Gasteiger partial charge on any atom is 0.238 e. The zero-order chi connectivity index (χ0) is 21.7. The van der Waals surface area contributed by atoms with Crippen molar-refractivity contribution in [2.45, 2.75) is 19.6 Å². The number of benzene rings is 1. The topological polar surface area (TPSA) is 97.0 Å². The predicted molar refractivity (Wildman–Crippen MR) is 119 cm³/mol. The smallest absolute Gasteiger partial charge is 0.238 e. The van der Waals surface area contributed by atoms with Crippen molar-refractivity contribution in [2.24, 2.45) is 14.1 Å². The standard InChI is InChI=1S/C22H25N7O2/c1-13-11-27(2)12-20-15(21(30)26-28(20)3)6-8-19-16-9-14(5-7-18(16)24-25-19)17-10-23-29(4)22(17)31-13/h5-10,13H,11-12H2,1-4H3,(H,24,25)(H,26,30)/b8-6+/t13-/m0/s1. The van der Waals surface area contributed by atoms with Crippen LogP contribution in [0.2, 0.25) is 0 Å². The molecule has 0 saturated carbocycles. The summed E-state index contributed by atoms with van der Waals surface area (Å²) < 4.78 is 9.81. The van der Waals surface area contributed by atoms with Gasteiger partial charge in [0.2, 0.25) is 11.8 Å². The van der Waals surface area contributed by atoms with Gasteiger partial charge in [0, 0.05) is 32.6 Å². The Morgan fingerprint density at radius 2 is 2.00 bits per heavy atom. The summed E-state index contributed by atoms with van der Waals surface area (Å²) in [5.41, 5.74) is 5.27. The molecule has 0 spiro atoms. The van der Waals surface area contributed by atoms with Gasteiger partial charge in [-0.25, -0.2) is 4.68 Å². The molecule has 4 aromatic rings. The fraction of sp³-hybridized carbons (Fsp3) is 0.318. The number of aromatic nitrogens is 6. The molecule has 3 aromatic heterocycles. The van der Waals surface area contributed by atoms with Crippen LogP contribution in [0.3, 0.4) is 0 Å². The van der Waals surface area contributed by atoms with Crippen molar-refractivity contribution in [2.75, 3.05) is 13.6 Å². The van der Waals surface area contributed by atoms with E-state index in [9.17, 15) is 5.11 Å². The van der Waals surface area contributed by atoms with Gasteiger partial charge in [-0.3, -0.25) is 14.7 Å². The third-order valence-corrected chi connectivity index (χ3v) is 5.68. The van der Waals surface area contributed by atoms with Crippen molar-refractivity contribution < 1.29 is 9.84 Å². The van der Waals surface area contributed by atoms with Gasteiger partial charge in [-0.1, -0.05) is 6.07 Å². The Bertz CT molecular complexity index is 1300. The Hall–Kier alpha value is -3.59. The van der Waals surface area contributed by atoms with Gasteiger partial charge in [0.25, 0.3) is 0 Å². The monoisotopic (exact) mass is 419 g/mol. The molecule has 9 nitrogen and oxygen atoms in total. The van der Waals surface area contributed by atoms with Crippen LogP contribution in [0.4, 0.5) is 0 Å². The van der Waals surface area contributed by atoms with Gasteiger partial charge in [-0.05, 0) is 43.8 Å². The van der Waals surface area contributed by atoms with E-state index < -0.39 is 0 Å². The van der Waals surface area contributed by atoms with E-state index in [2.05, 4.69) is 31.4 Å². The average Bonchev–Trinajstić information content (AvgIpc) is 3.36. The first-order valence-electron chi connectivity index (χ1n) is 10.2. The van der Waals surface area contributed by atoms with Crippen LogP contribution in [-0.4, -0.2) is 59.5 Å². The van der Waals surface area contributed by atoms with Crippen molar-refractivity contribution in [1.82, 2.24) is 34.7 Å². The molecule has 9 heteroatoms. The highest BCUT2D eigenvalue weighted by molar-refractivity contribution is 5.93. The van der Waals surface area contributed by atoms with E-state index in [1.54, 1.807) is 9.36 Å². The molecular weight excluding hydrogens is 394 g/mol. The summed E-state index contributed by atoms with van der Waals surface area (Å²) in [7, 11) is 5.76. The first-order chi connectivity index (χ1) is 14.9. The lowest BCUT2D eigenvalue weighted by atomic mass is 10.1. The Kier molecular flexibility index (Phi) is 4.55. The normalized spacial score (nSPS) is 18.3. The fourth-order valence-corrected chi connectivity index (χ4v) is 4.16. The Morgan fingerprint density at radius 3 is 2.84 bits per heavy atom. The van der Waals surface area contributed by atoms with Crippen LogP contribution in [0, 0.1) is 0 Å². The van der Waals surface area contributed by atoms with E-state index >= 15 is 0 Å². The molecule has 1 aromatic carbocycles.